The van der Waals surface area contributed by atoms with E-state index in [1.807, 2.05) is 54.6 Å². The highest BCUT2D eigenvalue weighted by Crippen LogP contribution is 2.58. The zero-order chi connectivity index (χ0) is 40.0. The lowest BCUT2D eigenvalue weighted by atomic mass is 9.82. The first-order valence-corrected chi connectivity index (χ1v) is 20.3. The average molecular weight is 773 g/mol. The van der Waals surface area contributed by atoms with Crippen molar-refractivity contribution in [2.75, 3.05) is 0 Å². The molecule has 0 bridgehead atoms. The molecule has 10 aromatic rings. The van der Waals surface area contributed by atoms with Gasteiger partial charge in [0.1, 0.15) is 0 Å². The number of para-hydroxylation sites is 2. The van der Waals surface area contributed by atoms with E-state index in [-0.39, 0.29) is 5.41 Å². The number of rotatable bonds is 5. The largest absolute Gasteiger partial charge is 0.449 e. The third kappa shape index (κ3) is 5.24. The maximum absolute atomic E-state index is 6.72. The van der Waals surface area contributed by atoms with Crippen molar-refractivity contribution in [3.05, 3.63) is 193 Å². The Hall–Kier alpha value is -7.83. The number of nitrogens with zero attached hydrogens (tertiary/aromatic N) is 4. The van der Waals surface area contributed by atoms with Gasteiger partial charge in [0.25, 0.3) is 0 Å². The molecule has 2 aromatic heterocycles. The summed E-state index contributed by atoms with van der Waals surface area (Å²) < 4.78 is 15.7. The minimum absolute atomic E-state index is 0.135. The first-order chi connectivity index (χ1) is 29.5. The summed E-state index contributed by atoms with van der Waals surface area (Å²) >= 11 is 0. The van der Waals surface area contributed by atoms with Crippen molar-refractivity contribution in [1.29, 1.82) is 0 Å². The van der Waals surface area contributed by atoms with Gasteiger partial charge in [-0.05, 0) is 82.4 Å². The summed E-state index contributed by atoms with van der Waals surface area (Å²) in [7, 11) is 0. The summed E-state index contributed by atoms with van der Waals surface area (Å²) in [6, 6.07) is 62.9. The van der Waals surface area contributed by atoms with Gasteiger partial charge in [0.05, 0.1) is 11.0 Å². The molecule has 0 unspecified atom stereocenters. The molecule has 0 N–H and O–H groups in total. The van der Waals surface area contributed by atoms with Gasteiger partial charge in [0.2, 0.25) is 0 Å². The summed E-state index contributed by atoms with van der Waals surface area (Å²) in [6.45, 7) is 4.54. The second kappa shape index (κ2) is 13.1. The fourth-order valence-electron chi connectivity index (χ4n) is 9.22. The van der Waals surface area contributed by atoms with E-state index in [4.69, 9.17) is 24.4 Å². The van der Waals surface area contributed by atoms with Crippen molar-refractivity contribution >= 4 is 21.8 Å². The number of aromatic nitrogens is 4. The van der Waals surface area contributed by atoms with Crippen LogP contribution in [-0.4, -0.2) is 19.5 Å². The van der Waals surface area contributed by atoms with Gasteiger partial charge in [-0.15, -0.1) is 0 Å². The molecule has 60 heavy (non-hydrogen) atoms. The van der Waals surface area contributed by atoms with Crippen LogP contribution >= 0.6 is 0 Å². The molecule has 6 nitrogen and oxygen atoms in total. The van der Waals surface area contributed by atoms with Crippen LogP contribution in [0.25, 0.3) is 83.9 Å². The molecule has 0 saturated heterocycles. The van der Waals surface area contributed by atoms with Crippen LogP contribution in [0.15, 0.2) is 182 Å². The van der Waals surface area contributed by atoms with Gasteiger partial charge in [-0.3, -0.25) is 0 Å². The van der Waals surface area contributed by atoms with E-state index in [9.17, 15) is 0 Å². The molecular weight excluding hydrogens is 737 g/mol. The van der Waals surface area contributed by atoms with Crippen molar-refractivity contribution in [3.63, 3.8) is 0 Å². The highest BCUT2D eigenvalue weighted by atomic mass is 16.6. The van der Waals surface area contributed by atoms with Gasteiger partial charge in [-0.25, -0.2) is 15.0 Å². The van der Waals surface area contributed by atoms with Gasteiger partial charge in [0, 0.05) is 44.1 Å². The minimum atomic E-state index is -0.135. The third-order valence-corrected chi connectivity index (χ3v) is 12.2. The topological polar surface area (TPSA) is 62.1 Å². The van der Waals surface area contributed by atoms with Gasteiger partial charge < -0.3 is 14.0 Å². The van der Waals surface area contributed by atoms with E-state index in [1.165, 1.54) is 38.5 Å². The SMILES string of the molecule is CC1(C)c2ccccc2-c2c1ccc1c2Oc2ccc(-c3ccccc3-c3nc(-c4ccccc4)nc(-c4ccc(-n5c6ccccc6c6ccccc65)cc4)n3)cc2O1. The van der Waals surface area contributed by atoms with Crippen LogP contribution < -0.4 is 9.47 Å². The lowest BCUT2D eigenvalue weighted by Gasteiger charge is -2.25. The number of hydrogen-bond donors (Lipinski definition) is 0. The van der Waals surface area contributed by atoms with Gasteiger partial charge in [-0.1, -0.05) is 141 Å². The molecule has 2 aliphatic rings. The fraction of sp³-hybridized carbons (Fsp3) is 0.0556. The predicted molar refractivity (Wildman–Crippen MR) is 240 cm³/mol. The molecule has 1 aliphatic carbocycles. The van der Waals surface area contributed by atoms with Crippen molar-refractivity contribution in [2.45, 2.75) is 19.3 Å². The summed E-state index contributed by atoms with van der Waals surface area (Å²) in [6.07, 6.45) is 0. The zero-order valence-electron chi connectivity index (χ0n) is 32.9. The number of fused-ring (bicyclic) bond motifs is 9. The molecule has 0 fully saturated rings. The Morgan fingerprint density at radius 1 is 0.417 bits per heavy atom. The highest BCUT2D eigenvalue weighted by Gasteiger charge is 2.39. The van der Waals surface area contributed by atoms with Gasteiger partial charge in [0.15, 0.2) is 40.5 Å². The number of benzene rings is 8. The van der Waals surface area contributed by atoms with E-state index in [0.717, 1.165) is 44.8 Å². The second-order valence-corrected chi connectivity index (χ2v) is 16.0. The second-order valence-electron chi connectivity index (χ2n) is 16.0. The summed E-state index contributed by atoms with van der Waals surface area (Å²) in [5.41, 5.74) is 12.7. The molecule has 0 amide bonds. The van der Waals surface area contributed by atoms with Crippen LogP contribution in [0.2, 0.25) is 0 Å². The average Bonchev–Trinajstić information content (AvgIpc) is 3.77. The molecule has 284 valence electrons. The first kappa shape index (κ1) is 34.2. The van der Waals surface area contributed by atoms with E-state index in [2.05, 4.69) is 146 Å². The maximum atomic E-state index is 6.72. The number of ether oxygens (including phenoxy) is 2. The Kier molecular flexibility index (Phi) is 7.47. The van der Waals surface area contributed by atoms with Crippen LogP contribution in [0.3, 0.4) is 0 Å². The van der Waals surface area contributed by atoms with Crippen molar-refractivity contribution < 1.29 is 9.47 Å². The molecule has 1 aliphatic heterocycles. The van der Waals surface area contributed by atoms with E-state index >= 15 is 0 Å². The molecule has 8 aromatic carbocycles. The molecule has 0 radical (unpaired) electrons. The van der Waals surface area contributed by atoms with Gasteiger partial charge >= 0.3 is 0 Å². The number of hydrogen-bond acceptors (Lipinski definition) is 5. The standard InChI is InChI=1S/C54H36N4O2/c1-54(2)42-21-11-8-20-41(42)49-43(54)29-31-47-50(49)60-46-30-26-35(32-48(46)59-47)37-16-6-7-19-40(37)53-56-51(33-14-4-3-5-15-33)55-52(57-53)34-24-27-36(28-25-34)58-44-22-12-9-17-38(44)39-18-10-13-23-45(39)58/h3-32H,1-2H3. The lowest BCUT2D eigenvalue weighted by Crippen LogP contribution is -2.15. The van der Waals surface area contributed by atoms with E-state index in [1.54, 1.807) is 0 Å². The molecular formula is C54H36N4O2. The van der Waals surface area contributed by atoms with Crippen molar-refractivity contribution in [2.24, 2.45) is 0 Å². The highest BCUT2D eigenvalue weighted by molar-refractivity contribution is 6.09. The van der Waals surface area contributed by atoms with Crippen LogP contribution in [0.4, 0.5) is 0 Å². The van der Waals surface area contributed by atoms with E-state index in [0.29, 0.717) is 34.7 Å². The van der Waals surface area contributed by atoms with Crippen LogP contribution in [0, 0.1) is 0 Å². The lowest BCUT2D eigenvalue weighted by molar-refractivity contribution is 0.360. The third-order valence-electron chi connectivity index (χ3n) is 12.2. The Morgan fingerprint density at radius 2 is 0.983 bits per heavy atom. The zero-order valence-corrected chi connectivity index (χ0v) is 32.9. The summed E-state index contributed by atoms with van der Waals surface area (Å²) in [5, 5.41) is 2.46. The Labute approximate surface area is 347 Å². The maximum Gasteiger partial charge on any atom is 0.178 e. The fourth-order valence-corrected chi connectivity index (χ4v) is 9.22. The van der Waals surface area contributed by atoms with Crippen LogP contribution in [0.5, 0.6) is 23.0 Å². The molecule has 3 heterocycles. The normalized spacial score (nSPS) is 13.2. The van der Waals surface area contributed by atoms with Crippen LogP contribution in [0.1, 0.15) is 25.0 Å². The molecule has 6 heteroatoms. The Balaban J connectivity index is 0.936. The van der Waals surface area contributed by atoms with Gasteiger partial charge in [-0.2, -0.15) is 0 Å². The monoisotopic (exact) mass is 772 g/mol. The molecule has 0 saturated carbocycles. The minimum Gasteiger partial charge on any atom is -0.449 e. The summed E-state index contributed by atoms with van der Waals surface area (Å²) in [4.78, 5) is 15.3. The first-order valence-electron chi connectivity index (χ1n) is 20.3. The molecule has 12 rings (SSSR count). The van der Waals surface area contributed by atoms with Crippen molar-refractivity contribution in [1.82, 2.24) is 19.5 Å². The molecule has 0 atom stereocenters. The Bertz CT molecular complexity index is 3300. The van der Waals surface area contributed by atoms with Crippen LogP contribution in [-0.2, 0) is 5.41 Å². The molecule has 0 spiro atoms. The smallest absolute Gasteiger partial charge is 0.178 e. The summed E-state index contributed by atoms with van der Waals surface area (Å²) in [5.74, 6) is 4.59. The van der Waals surface area contributed by atoms with Crippen molar-refractivity contribution in [3.8, 4) is 85.1 Å². The Morgan fingerprint density at radius 3 is 1.72 bits per heavy atom. The quantitative estimate of drug-likeness (QED) is 0.174. The van der Waals surface area contributed by atoms with E-state index < -0.39 is 0 Å². The predicted octanol–water partition coefficient (Wildman–Crippen LogP) is 13.8.